The van der Waals surface area contributed by atoms with Gasteiger partial charge in [-0.2, -0.15) is 5.10 Å². The number of anilines is 1. The minimum Gasteiger partial charge on any atom is -0.376 e. The molecule has 0 unspecified atom stereocenters. The maximum atomic E-state index is 11.7. The number of nitrogens with zero attached hydrogens (tertiary/aromatic N) is 1. The molecule has 1 fully saturated rings. The van der Waals surface area contributed by atoms with E-state index < -0.39 is 0 Å². The fourth-order valence-electron chi connectivity index (χ4n) is 2.20. The zero-order chi connectivity index (χ0) is 13.5. The van der Waals surface area contributed by atoms with Crippen LogP contribution < -0.4 is 10.7 Å². The number of amides is 1. The summed E-state index contributed by atoms with van der Waals surface area (Å²) in [5.74, 6) is -0.0960. The van der Waals surface area contributed by atoms with Crippen LogP contribution in [0.5, 0.6) is 0 Å². The molecule has 1 aromatic carbocycles. The molecule has 1 aliphatic carbocycles. The van der Waals surface area contributed by atoms with Crippen molar-refractivity contribution in [2.75, 3.05) is 11.9 Å². The largest absolute Gasteiger partial charge is 0.376 e. The average molecular weight is 259 g/mol. The predicted molar refractivity (Wildman–Crippen MR) is 78.3 cm³/mol. The van der Waals surface area contributed by atoms with Crippen molar-refractivity contribution in [2.24, 2.45) is 5.10 Å². The Kier molecular flexibility index (Phi) is 4.95. The molecule has 4 nitrogen and oxygen atoms in total. The fourth-order valence-corrected chi connectivity index (χ4v) is 2.20. The van der Waals surface area contributed by atoms with Crippen LogP contribution in [-0.2, 0) is 4.79 Å². The molecular weight excluding hydrogens is 238 g/mol. The summed E-state index contributed by atoms with van der Waals surface area (Å²) >= 11 is 0. The topological polar surface area (TPSA) is 53.5 Å². The molecule has 0 spiro atoms. The lowest BCUT2D eigenvalue weighted by atomic mass is 9.99. The van der Waals surface area contributed by atoms with Gasteiger partial charge in [0.25, 0.3) is 5.91 Å². The van der Waals surface area contributed by atoms with E-state index in [-0.39, 0.29) is 12.5 Å². The molecule has 1 aliphatic rings. The van der Waals surface area contributed by atoms with Crippen LogP contribution in [0.1, 0.15) is 37.7 Å². The Morgan fingerprint density at radius 2 is 1.95 bits per heavy atom. The smallest absolute Gasteiger partial charge is 0.259 e. The number of hydrazone groups is 1. The third-order valence-corrected chi connectivity index (χ3v) is 3.35. The van der Waals surface area contributed by atoms with Crippen molar-refractivity contribution in [1.29, 1.82) is 0 Å². The summed E-state index contributed by atoms with van der Waals surface area (Å²) in [6.07, 6.45) is 5.70. The number of carbonyl (C=O) groups is 1. The van der Waals surface area contributed by atoms with Gasteiger partial charge in [0.1, 0.15) is 0 Å². The van der Waals surface area contributed by atoms with Gasteiger partial charge in [0, 0.05) is 11.4 Å². The highest BCUT2D eigenvalue weighted by molar-refractivity contribution is 5.87. The van der Waals surface area contributed by atoms with E-state index in [4.69, 9.17) is 0 Å². The van der Waals surface area contributed by atoms with Crippen LogP contribution in [0.4, 0.5) is 5.69 Å². The quantitative estimate of drug-likeness (QED) is 0.817. The van der Waals surface area contributed by atoms with Crippen LogP contribution in [-0.4, -0.2) is 18.2 Å². The molecule has 0 heterocycles. The van der Waals surface area contributed by atoms with Crippen molar-refractivity contribution in [3.63, 3.8) is 0 Å². The molecule has 19 heavy (non-hydrogen) atoms. The van der Waals surface area contributed by atoms with E-state index in [2.05, 4.69) is 15.8 Å². The van der Waals surface area contributed by atoms with Gasteiger partial charge < -0.3 is 5.32 Å². The van der Waals surface area contributed by atoms with Crippen molar-refractivity contribution in [3.8, 4) is 0 Å². The summed E-state index contributed by atoms with van der Waals surface area (Å²) < 4.78 is 0. The minimum atomic E-state index is -0.0960. The lowest BCUT2D eigenvalue weighted by Crippen LogP contribution is -2.27. The molecule has 2 rings (SSSR count). The van der Waals surface area contributed by atoms with E-state index in [1.807, 2.05) is 31.2 Å². The summed E-state index contributed by atoms with van der Waals surface area (Å²) in [5.41, 5.74) is 5.87. The zero-order valence-electron chi connectivity index (χ0n) is 11.4. The zero-order valence-corrected chi connectivity index (χ0v) is 11.4. The second kappa shape index (κ2) is 6.92. The van der Waals surface area contributed by atoms with E-state index in [9.17, 15) is 4.79 Å². The molecule has 0 saturated heterocycles. The first-order chi connectivity index (χ1) is 9.25. The average Bonchev–Trinajstić information content (AvgIpc) is 2.45. The number of carbonyl (C=O) groups excluding carboxylic acids is 1. The van der Waals surface area contributed by atoms with Crippen LogP contribution in [0.3, 0.4) is 0 Å². The first-order valence-corrected chi connectivity index (χ1v) is 6.89. The van der Waals surface area contributed by atoms with Gasteiger partial charge in [0.15, 0.2) is 0 Å². The molecule has 1 saturated carbocycles. The van der Waals surface area contributed by atoms with Crippen LogP contribution in [0, 0.1) is 6.92 Å². The Bertz CT molecular complexity index is 460. The number of rotatable bonds is 4. The van der Waals surface area contributed by atoms with Crippen LogP contribution >= 0.6 is 0 Å². The maximum absolute atomic E-state index is 11.7. The summed E-state index contributed by atoms with van der Waals surface area (Å²) in [6, 6.07) is 7.92. The Hall–Kier alpha value is -1.84. The third-order valence-electron chi connectivity index (χ3n) is 3.35. The lowest BCUT2D eigenvalue weighted by Gasteiger charge is -2.12. The maximum Gasteiger partial charge on any atom is 0.259 e. The molecular formula is C15H21N3O. The summed E-state index contributed by atoms with van der Waals surface area (Å²) in [6.45, 7) is 2.27. The molecule has 0 bridgehead atoms. The highest BCUT2D eigenvalue weighted by atomic mass is 16.2. The fraction of sp³-hybridized carbons (Fsp3) is 0.467. The van der Waals surface area contributed by atoms with Gasteiger partial charge >= 0.3 is 0 Å². The van der Waals surface area contributed by atoms with Crippen molar-refractivity contribution >= 4 is 17.3 Å². The molecule has 102 valence electrons. The Labute approximate surface area is 114 Å². The van der Waals surface area contributed by atoms with Gasteiger partial charge in [0.2, 0.25) is 0 Å². The van der Waals surface area contributed by atoms with Crippen LogP contribution in [0.15, 0.2) is 29.4 Å². The SMILES string of the molecule is Cc1ccccc1NCC(=O)NN=C1CCCCC1. The number of aryl methyl sites for hydroxylation is 1. The molecule has 1 amide bonds. The van der Waals surface area contributed by atoms with E-state index in [0.717, 1.165) is 29.8 Å². The minimum absolute atomic E-state index is 0.0960. The second-order valence-corrected chi connectivity index (χ2v) is 4.94. The molecule has 0 aliphatic heterocycles. The summed E-state index contributed by atoms with van der Waals surface area (Å²) in [4.78, 5) is 11.7. The first kappa shape index (κ1) is 13.6. The normalized spacial score (nSPS) is 14.9. The van der Waals surface area contributed by atoms with E-state index in [1.165, 1.54) is 19.3 Å². The molecule has 0 atom stereocenters. The van der Waals surface area contributed by atoms with Crippen molar-refractivity contribution in [3.05, 3.63) is 29.8 Å². The number of para-hydroxylation sites is 1. The molecule has 0 radical (unpaired) electrons. The number of hydrogen-bond acceptors (Lipinski definition) is 3. The van der Waals surface area contributed by atoms with Crippen LogP contribution in [0.2, 0.25) is 0 Å². The highest BCUT2D eigenvalue weighted by Crippen LogP contribution is 2.14. The van der Waals surface area contributed by atoms with Crippen molar-refractivity contribution < 1.29 is 4.79 Å². The number of hydrogen-bond donors (Lipinski definition) is 2. The number of nitrogens with one attached hydrogen (secondary N) is 2. The Morgan fingerprint density at radius 3 is 2.68 bits per heavy atom. The van der Waals surface area contributed by atoms with Gasteiger partial charge in [-0.25, -0.2) is 5.43 Å². The first-order valence-electron chi connectivity index (χ1n) is 6.89. The number of benzene rings is 1. The molecule has 2 N–H and O–H groups in total. The van der Waals surface area contributed by atoms with Gasteiger partial charge in [0.05, 0.1) is 6.54 Å². The second-order valence-electron chi connectivity index (χ2n) is 4.94. The third kappa shape index (κ3) is 4.39. The van der Waals surface area contributed by atoms with Crippen LogP contribution in [0.25, 0.3) is 0 Å². The Morgan fingerprint density at radius 1 is 1.21 bits per heavy atom. The monoisotopic (exact) mass is 259 g/mol. The molecule has 4 heteroatoms. The van der Waals surface area contributed by atoms with Gasteiger partial charge in [-0.05, 0) is 44.2 Å². The van der Waals surface area contributed by atoms with Crippen molar-refractivity contribution in [1.82, 2.24) is 5.43 Å². The van der Waals surface area contributed by atoms with E-state index in [0.29, 0.717) is 0 Å². The van der Waals surface area contributed by atoms with Gasteiger partial charge in [-0.1, -0.05) is 24.6 Å². The molecule has 1 aromatic rings. The molecule has 0 aromatic heterocycles. The Balaban J connectivity index is 1.77. The highest BCUT2D eigenvalue weighted by Gasteiger charge is 2.07. The predicted octanol–water partition coefficient (Wildman–Crippen LogP) is 2.84. The van der Waals surface area contributed by atoms with Gasteiger partial charge in [-0.3, -0.25) is 4.79 Å². The van der Waals surface area contributed by atoms with Gasteiger partial charge in [-0.15, -0.1) is 0 Å². The standard InChI is InChI=1S/C15H21N3O/c1-12-7-5-6-10-14(12)16-11-15(19)18-17-13-8-3-2-4-9-13/h5-7,10,16H,2-4,8-9,11H2,1H3,(H,18,19). The lowest BCUT2D eigenvalue weighted by molar-refractivity contribution is -0.119. The van der Waals surface area contributed by atoms with E-state index >= 15 is 0 Å². The van der Waals surface area contributed by atoms with E-state index in [1.54, 1.807) is 0 Å². The summed E-state index contributed by atoms with van der Waals surface area (Å²) in [7, 11) is 0. The van der Waals surface area contributed by atoms with Crippen molar-refractivity contribution in [2.45, 2.75) is 39.0 Å². The summed E-state index contributed by atoms with van der Waals surface area (Å²) in [5, 5.41) is 7.31.